The summed E-state index contributed by atoms with van der Waals surface area (Å²) in [4.78, 5) is 12.6. The number of aryl methyl sites for hydroxylation is 1. The summed E-state index contributed by atoms with van der Waals surface area (Å²) >= 11 is 0. The van der Waals surface area contributed by atoms with Gasteiger partial charge >= 0.3 is 0 Å². The standard InChI is InChI=1S/C19H20O3/c1-12-6-7-13-4-2-3-5-15(13)17(12)11-19(22)16-9-8-14(20)10-18(16)21/h2-5,8-10,12,17,20-21H,6-7,11H2,1H3. The van der Waals surface area contributed by atoms with Crippen molar-refractivity contribution in [2.24, 2.45) is 5.92 Å². The number of carbonyl (C=O) groups is 1. The smallest absolute Gasteiger partial charge is 0.167 e. The van der Waals surface area contributed by atoms with Crippen LogP contribution < -0.4 is 0 Å². The Morgan fingerprint density at radius 2 is 1.95 bits per heavy atom. The van der Waals surface area contributed by atoms with Crippen LogP contribution in [0.15, 0.2) is 42.5 Å². The van der Waals surface area contributed by atoms with E-state index in [0.29, 0.717) is 12.3 Å². The third-order valence-electron chi connectivity index (χ3n) is 4.70. The van der Waals surface area contributed by atoms with Gasteiger partial charge in [-0.2, -0.15) is 0 Å². The lowest BCUT2D eigenvalue weighted by molar-refractivity contribution is 0.0960. The molecule has 0 spiro atoms. The highest BCUT2D eigenvalue weighted by Crippen LogP contribution is 2.39. The highest BCUT2D eigenvalue weighted by molar-refractivity contribution is 5.99. The fraction of sp³-hybridized carbons (Fsp3) is 0.316. The van der Waals surface area contributed by atoms with E-state index >= 15 is 0 Å². The molecular weight excluding hydrogens is 276 g/mol. The van der Waals surface area contributed by atoms with E-state index in [4.69, 9.17) is 0 Å². The lowest BCUT2D eigenvalue weighted by atomic mass is 9.73. The second-order valence-corrected chi connectivity index (χ2v) is 6.15. The molecular formula is C19H20O3. The summed E-state index contributed by atoms with van der Waals surface area (Å²) in [5.74, 6) is 0.363. The molecule has 0 aromatic heterocycles. The SMILES string of the molecule is CC1CCc2ccccc2C1CC(=O)c1ccc(O)cc1O. The van der Waals surface area contributed by atoms with Crippen molar-refractivity contribution < 1.29 is 15.0 Å². The predicted molar refractivity (Wildman–Crippen MR) is 85.4 cm³/mol. The average molecular weight is 296 g/mol. The Kier molecular flexibility index (Phi) is 3.88. The average Bonchev–Trinajstić information content (AvgIpc) is 2.50. The van der Waals surface area contributed by atoms with Gasteiger partial charge in [0.2, 0.25) is 0 Å². The van der Waals surface area contributed by atoms with E-state index in [9.17, 15) is 15.0 Å². The van der Waals surface area contributed by atoms with Crippen molar-refractivity contribution >= 4 is 5.78 Å². The van der Waals surface area contributed by atoms with Gasteiger partial charge in [-0.15, -0.1) is 0 Å². The van der Waals surface area contributed by atoms with Crippen LogP contribution in [0.25, 0.3) is 0 Å². The Morgan fingerprint density at radius 3 is 2.73 bits per heavy atom. The second-order valence-electron chi connectivity index (χ2n) is 6.15. The molecule has 2 aromatic carbocycles. The summed E-state index contributed by atoms with van der Waals surface area (Å²) in [5, 5.41) is 19.2. The molecule has 3 heteroatoms. The zero-order chi connectivity index (χ0) is 15.7. The highest BCUT2D eigenvalue weighted by Gasteiger charge is 2.29. The maximum atomic E-state index is 12.6. The van der Waals surface area contributed by atoms with Crippen molar-refractivity contribution in [2.45, 2.75) is 32.1 Å². The number of hydrogen-bond donors (Lipinski definition) is 2. The molecule has 1 aliphatic carbocycles. The van der Waals surface area contributed by atoms with Crippen molar-refractivity contribution in [3.8, 4) is 11.5 Å². The molecule has 0 aliphatic heterocycles. The number of phenols is 2. The molecule has 0 bridgehead atoms. The molecule has 3 nitrogen and oxygen atoms in total. The lowest BCUT2D eigenvalue weighted by Crippen LogP contribution is -2.21. The van der Waals surface area contributed by atoms with Gasteiger partial charge in [0.25, 0.3) is 0 Å². The van der Waals surface area contributed by atoms with Gasteiger partial charge < -0.3 is 10.2 Å². The molecule has 3 rings (SSSR count). The molecule has 2 aromatic rings. The van der Waals surface area contributed by atoms with E-state index in [2.05, 4.69) is 19.1 Å². The maximum absolute atomic E-state index is 12.6. The van der Waals surface area contributed by atoms with Crippen LogP contribution in [0, 0.1) is 5.92 Å². The molecule has 114 valence electrons. The number of hydrogen-bond acceptors (Lipinski definition) is 3. The Balaban J connectivity index is 1.87. The van der Waals surface area contributed by atoms with Gasteiger partial charge in [0, 0.05) is 12.5 Å². The maximum Gasteiger partial charge on any atom is 0.167 e. The van der Waals surface area contributed by atoms with Gasteiger partial charge in [0.15, 0.2) is 5.78 Å². The van der Waals surface area contributed by atoms with E-state index in [1.807, 2.05) is 12.1 Å². The van der Waals surface area contributed by atoms with Gasteiger partial charge in [0.1, 0.15) is 11.5 Å². The van der Waals surface area contributed by atoms with Gasteiger partial charge in [-0.05, 0) is 47.9 Å². The molecule has 0 saturated heterocycles. The number of ketones is 1. The summed E-state index contributed by atoms with van der Waals surface area (Å²) in [7, 11) is 0. The number of Topliss-reactive ketones (excluding diaryl/α,β-unsaturated/α-hetero) is 1. The first-order valence-electron chi connectivity index (χ1n) is 7.69. The van der Waals surface area contributed by atoms with E-state index < -0.39 is 0 Å². The van der Waals surface area contributed by atoms with Crippen LogP contribution in [0.5, 0.6) is 11.5 Å². The predicted octanol–water partition coefficient (Wildman–Crippen LogP) is 4.04. The second kappa shape index (κ2) is 5.84. The van der Waals surface area contributed by atoms with Crippen molar-refractivity contribution in [2.75, 3.05) is 0 Å². The summed E-state index contributed by atoms with van der Waals surface area (Å²) in [6.45, 7) is 2.19. The first-order chi connectivity index (χ1) is 10.6. The Bertz CT molecular complexity index is 706. The normalized spacial score (nSPS) is 20.4. The van der Waals surface area contributed by atoms with Crippen molar-refractivity contribution in [3.05, 3.63) is 59.2 Å². The Labute approximate surface area is 130 Å². The number of benzene rings is 2. The summed E-state index contributed by atoms with van der Waals surface area (Å²) in [5.41, 5.74) is 2.87. The number of fused-ring (bicyclic) bond motifs is 1. The fourth-order valence-corrected chi connectivity index (χ4v) is 3.39. The van der Waals surface area contributed by atoms with Crippen LogP contribution >= 0.6 is 0 Å². The quantitative estimate of drug-likeness (QED) is 0.840. The van der Waals surface area contributed by atoms with Gasteiger partial charge in [-0.25, -0.2) is 0 Å². The number of aromatic hydroxyl groups is 2. The van der Waals surface area contributed by atoms with Gasteiger partial charge in [0.05, 0.1) is 5.56 Å². The number of phenolic OH excluding ortho intramolecular Hbond substituents is 2. The van der Waals surface area contributed by atoms with Gasteiger partial charge in [-0.3, -0.25) is 4.79 Å². The molecule has 0 saturated carbocycles. The molecule has 0 amide bonds. The zero-order valence-corrected chi connectivity index (χ0v) is 12.6. The minimum atomic E-state index is -0.151. The van der Waals surface area contributed by atoms with Gasteiger partial charge in [-0.1, -0.05) is 31.2 Å². The Hall–Kier alpha value is -2.29. The van der Waals surface area contributed by atoms with Crippen LogP contribution in [0.3, 0.4) is 0 Å². The molecule has 0 heterocycles. The van der Waals surface area contributed by atoms with Crippen molar-refractivity contribution in [1.29, 1.82) is 0 Å². The minimum absolute atomic E-state index is 0.0366. The molecule has 0 fully saturated rings. The summed E-state index contributed by atoms with van der Waals surface area (Å²) in [6, 6.07) is 12.4. The van der Waals surface area contributed by atoms with E-state index in [1.165, 1.54) is 29.3 Å². The molecule has 0 radical (unpaired) electrons. The van der Waals surface area contributed by atoms with Crippen LogP contribution in [0.1, 0.15) is 47.2 Å². The molecule has 2 atom stereocenters. The van der Waals surface area contributed by atoms with Crippen LogP contribution in [0.4, 0.5) is 0 Å². The summed E-state index contributed by atoms with van der Waals surface area (Å²) in [6.07, 6.45) is 2.53. The fourth-order valence-electron chi connectivity index (χ4n) is 3.39. The van der Waals surface area contributed by atoms with Crippen molar-refractivity contribution in [1.82, 2.24) is 0 Å². The van der Waals surface area contributed by atoms with E-state index in [0.717, 1.165) is 12.8 Å². The van der Waals surface area contributed by atoms with E-state index in [1.54, 1.807) is 0 Å². The topological polar surface area (TPSA) is 57.5 Å². The van der Waals surface area contributed by atoms with E-state index in [-0.39, 0.29) is 28.8 Å². The number of rotatable bonds is 3. The van der Waals surface area contributed by atoms with Crippen LogP contribution in [-0.4, -0.2) is 16.0 Å². The van der Waals surface area contributed by atoms with Crippen LogP contribution in [-0.2, 0) is 6.42 Å². The first-order valence-corrected chi connectivity index (χ1v) is 7.69. The van der Waals surface area contributed by atoms with Crippen LogP contribution in [0.2, 0.25) is 0 Å². The molecule has 1 aliphatic rings. The monoisotopic (exact) mass is 296 g/mol. The molecule has 2 N–H and O–H groups in total. The lowest BCUT2D eigenvalue weighted by Gasteiger charge is -2.31. The summed E-state index contributed by atoms with van der Waals surface area (Å²) < 4.78 is 0. The Morgan fingerprint density at radius 1 is 1.18 bits per heavy atom. The minimum Gasteiger partial charge on any atom is -0.508 e. The largest absolute Gasteiger partial charge is 0.508 e. The molecule has 2 unspecified atom stereocenters. The highest BCUT2D eigenvalue weighted by atomic mass is 16.3. The number of carbonyl (C=O) groups excluding carboxylic acids is 1. The molecule has 22 heavy (non-hydrogen) atoms. The first kappa shape index (κ1) is 14.6. The zero-order valence-electron chi connectivity index (χ0n) is 12.6. The third-order valence-corrected chi connectivity index (χ3v) is 4.70. The third kappa shape index (κ3) is 2.71. The van der Waals surface area contributed by atoms with Crippen molar-refractivity contribution in [3.63, 3.8) is 0 Å².